The third-order valence-electron chi connectivity index (χ3n) is 4.20. The first-order valence-corrected chi connectivity index (χ1v) is 7.16. The summed E-state index contributed by atoms with van der Waals surface area (Å²) in [5, 5.41) is 0. The van der Waals surface area contributed by atoms with E-state index in [2.05, 4.69) is 19.9 Å². The lowest BCUT2D eigenvalue weighted by molar-refractivity contribution is -0.122. The van der Waals surface area contributed by atoms with Gasteiger partial charge in [-0.3, -0.25) is 4.79 Å². The molecular formula is C19H21FO. The van der Waals surface area contributed by atoms with Gasteiger partial charge in [0.05, 0.1) is 0 Å². The summed E-state index contributed by atoms with van der Waals surface area (Å²) in [6.45, 7) is 7.89. The molecule has 2 rings (SSSR count). The molecule has 2 aromatic carbocycles. The minimum absolute atomic E-state index is 0.136. The Morgan fingerprint density at radius 2 is 1.62 bits per heavy atom. The fourth-order valence-corrected chi connectivity index (χ4v) is 2.35. The van der Waals surface area contributed by atoms with E-state index in [0.29, 0.717) is 6.42 Å². The molecule has 0 radical (unpaired) electrons. The smallest absolute Gasteiger partial charge is 0.147 e. The number of carbonyl (C=O) groups is 1. The van der Waals surface area contributed by atoms with Crippen LogP contribution in [0.3, 0.4) is 0 Å². The molecule has 0 aliphatic rings. The predicted octanol–water partition coefficient (Wildman–Crippen LogP) is 4.53. The van der Waals surface area contributed by atoms with Crippen molar-refractivity contribution < 1.29 is 9.18 Å². The lowest BCUT2D eigenvalue weighted by atomic mass is 9.78. The predicted molar refractivity (Wildman–Crippen MR) is 84.1 cm³/mol. The summed E-state index contributed by atoms with van der Waals surface area (Å²) in [4.78, 5) is 12.6. The second kappa shape index (κ2) is 5.80. The molecular weight excluding hydrogens is 263 g/mol. The van der Waals surface area contributed by atoms with Gasteiger partial charge >= 0.3 is 0 Å². The number of hydrogen-bond donors (Lipinski definition) is 0. The number of halogens is 1. The molecule has 2 aromatic rings. The first-order valence-electron chi connectivity index (χ1n) is 7.16. The van der Waals surface area contributed by atoms with Crippen LogP contribution in [-0.2, 0) is 16.6 Å². The molecule has 0 fully saturated rings. The lowest BCUT2D eigenvalue weighted by Gasteiger charge is -2.24. The summed E-state index contributed by atoms with van der Waals surface area (Å²) in [5.41, 5.74) is 3.67. The number of ketones is 1. The molecule has 0 aliphatic carbocycles. The van der Waals surface area contributed by atoms with Gasteiger partial charge in [-0.05, 0) is 62.1 Å². The third-order valence-corrected chi connectivity index (χ3v) is 4.20. The Hall–Kier alpha value is -1.96. The van der Waals surface area contributed by atoms with Gasteiger partial charge in [0.2, 0.25) is 0 Å². The normalized spacial score (nSPS) is 11.5. The van der Waals surface area contributed by atoms with Crippen LogP contribution in [0.15, 0.2) is 42.5 Å². The topological polar surface area (TPSA) is 17.1 Å². The number of Topliss-reactive ketones (excluding diaryl/α,β-unsaturated/α-hetero) is 1. The van der Waals surface area contributed by atoms with Crippen LogP contribution in [-0.4, -0.2) is 5.78 Å². The Labute approximate surface area is 125 Å². The monoisotopic (exact) mass is 284 g/mol. The molecule has 0 aliphatic heterocycles. The van der Waals surface area contributed by atoms with Crippen molar-refractivity contribution >= 4 is 5.78 Å². The van der Waals surface area contributed by atoms with Crippen molar-refractivity contribution in [1.82, 2.24) is 0 Å². The fourth-order valence-electron chi connectivity index (χ4n) is 2.35. The zero-order chi connectivity index (χ0) is 15.6. The average molecular weight is 284 g/mol. The minimum Gasteiger partial charge on any atom is -0.298 e. The van der Waals surface area contributed by atoms with Gasteiger partial charge in [0.25, 0.3) is 0 Å². The summed E-state index contributed by atoms with van der Waals surface area (Å²) in [6, 6.07) is 12.3. The van der Waals surface area contributed by atoms with Gasteiger partial charge < -0.3 is 0 Å². The van der Waals surface area contributed by atoms with E-state index < -0.39 is 5.41 Å². The van der Waals surface area contributed by atoms with E-state index in [1.54, 1.807) is 12.1 Å². The molecule has 2 heteroatoms. The van der Waals surface area contributed by atoms with Gasteiger partial charge in [0.1, 0.15) is 11.6 Å². The van der Waals surface area contributed by atoms with Crippen molar-refractivity contribution in [2.24, 2.45) is 0 Å². The number of hydrogen-bond acceptors (Lipinski definition) is 1. The molecule has 0 saturated heterocycles. The molecule has 0 atom stereocenters. The molecule has 0 unspecified atom stereocenters. The zero-order valence-electron chi connectivity index (χ0n) is 13.0. The van der Waals surface area contributed by atoms with Gasteiger partial charge in [-0.2, -0.15) is 0 Å². The van der Waals surface area contributed by atoms with Crippen molar-refractivity contribution in [3.8, 4) is 0 Å². The molecule has 110 valence electrons. The van der Waals surface area contributed by atoms with E-state index in [1.165, 1.54) is 23.3 Å². The van der Waals surface area contributed by atoms with Gasteiger partial charge in [-0.1, -0.05) is 30.3 Å². The van der Waals surface area contributed by atoms with Crippen LogP contribution in [0, 0.1) is 19.7 Å². The van der Waals surface area contributed by atoms with E-state index in [1.807, 2.05) is 26.0 Å². The van der Waals surface area contributed by atoms with Crippen LogP contribution in [0.2, 0.25) is 0 Å². The molecule has 21 heavy (non-hydrogen) atoms. The number of carbonyl (C=O) groups excluding carboxylic acids is 1. The highest BCUT2D eigenvalue weighted by molar-refractivity contribution is 5.91. The molecule has 0 saturated carbocycles. The van der Waals surface area contributed by atoms with E-state index in [9.17, 15) is 9.18 Å². The summed E-state index contributed by atoms with van der Waals surface area (Å²) in [6.07, 6.45) is 0.394. The molecule has 0 bridgehead atoms. The summed E-state index contributed by atoms with van der Waals surface area (Å²) < 4.78 is 13.0. The lowest BCUT2D eigenvalue weighted by Crippen LogP contribution is -2.30. The minimum atomic E-state index is -0.619. The van der Waals surface area contributed by atoms with E-state index in [0.717, 1.165) is 11.1 Å². The third kappa shape index (κ3) is 3.38. The van der Waals surface area contributed by atoms with Gasteiger partial charge in [0.15, 0.2) is 0 Å². The average Bonchev–Trinajstić information content (AvgIpc) is 2.43. The summed E-state index contributed by atoms with van der Waals surface area (Å²) in [5.74, 6) is -0.145. The van der Waals surface area contributed by atoms with Crippen LogP contribution < -0.4 is 0 Å². The second-order valence-corrected chi connectivity index (χ2v) is 6.15. The zero-order valence-corrected chi connectivity index (χ0v) is 13.0. The highest BCUT2D eigenvalue weighted by Gasteiger charge is 2.29. The van der Waals surface area contributed by atoms with E-state index in [-0.39, 0.29) is 11.6 Å². The van der Waals surface area contributed by atoms with Crippen molar-refractivity contribution in [2.45, 2.75) is 39.5 Å². The maximum Gasteiger partial charge on any atom is 0.147 e. The Bertz CT molecular complexity index is 654. The number of aryl methyl sites for hydroxylation is 2. The maximum absolute atomic E-state index is 13.0. The van der Waals surface area contributed by atoms with Gasteiger partial charge in [0, 0.05) is 11.8 Å². The van der Waals surface area contributed by atoms with Crippen LogP contribution >= 0.6 is 0 Å². The SMILES string of the molecule is Cc1ccc(CC(=O)C(C)(C)c2ccc(F)cc2)cc1C. The largest absolute Gasteiger partial charge is 0.298 e. The number of rotatable bonds is 4. The van der Waals surface area contributed by atoms with Gasteiger partial charge in [-0.25, -0.2) is 4.39 Å². The molecule has 0 aromatic heterocycles. The highest BCUT2D eigenvalue weighted by Crippen LogP contribution is 2.26. The Morgan fingerprint density at radius 1 is 1.00 bits per heavy atom. The number of benzene rings is 2. The van der Waals surface area contributed by atoms with Crippen molar-refractivity contribution in [3.63, 3.8) is 0 Å². The first kappa shape index (κ1) is 15.4. The Kier molecular flexibility index (Phi) is 4.26. The molecule has 0 heterocycles. The van der Waals surface area contributed by atoms with E-state index in [4.69, 9.17) is 0 Å². The first-order chi connectivity index (χ1) is 9.80. The molecule has 0 N–H and O–H groups in total. The second-order valence-electron chi connectivity index (χ2n) is 6.15. The standard InChI is InChI=1S/C19H21FO/c1-13-5-6-15(11-14(13)2)12-18(21)19(3,4)16-7-9-17(20)10-8-16/h5-11H,12H2,1-4H3. The van der Waals surface area contributed by atoms with Crippen molar-refractivity contribution in [1.29, 1.82) is 0 Å². The molecule has 1 nitrogen and oxygen atoms in total. The van der Waals surface area contributed by atoms with Crippen molar-refractivity contribution in [2.75, 3.05) is 0 Å². The van der Waals surface area contributed by atoms with Crippen molar-refractivity contribution in [3.05, 3.63) is 70.5 Å². The van der Waals surface area contributed by atoms with Crippen LogP contribution in [0.4, 0.5) is 4.39 Å². The van der Waals surface area contributed by atoms with Crippen LogP contribution in [0.1, 0.15) is 36.1 Å². The molecule has 0 spiro atoms. The van der Waals surface area contributed by atoms with E-state index >= 15 is 0 Å². The summed E-state index contributed by atoms with van der Waals surface area (Å²) >= 11 is 0. The highest BCUT2D eigenvalue weighted by atomic mass is 19.1. The Balaban J connectivity index is 2.21. The Morgan fingerprint density at radius 3 is 2.19 bits per heavy atom. The van der Waals surface area contributed by atoms with Gasteiger partial charge in [-0.15, -0.1) is 0 Å². The summed E-state index contributed by atoms with van der Waals surface area (Å²) in [7, 11) is 0. The molecule has 0 amide bonds. The fraction of sp³-hybridized carbons (Fsp3) is 0.316. The van der Waals surface area contributed by atoms with Crippen LogP contribution in [0.25, 0.3) is 0 Å². The maximum atomic E-state index is 13.0. The quantitative estimate of drug-likeness (QED) is 0.806. The van der Waals surface area contributed by atoms with Crippen LogP contribution in [0.5, 0.6) is 0 Å².